The number of amides is 1. The third-order valence-corrected chi connectivity index (χ3v) is 8.37. The van der Waals surface area contributed by atoms with Crippen molar-refractivity contribution in [3.8, 4) is 5.75 Å². The third-order valence-electron chi connectivity index (χ3n) is 7.71. The molecular weight excluding hydrogens is 557 g/mol. The van der Waals surface area contributed by atoms with E-state index < -0.39 is 0 Å². The maximum Gasteiger partial charge on any atom is 0.250 e. The summed E-state index contributed by atoms with van der Waals surface area (Å²) in [6, 6.07) is 23.5. The summed E-state index contributed by atoms with van der Waals surface area (Å²) < 4.78 is 20.0. The van der Waals surface area contributed by atoms with Crippen LogP contribution < -0.4 is 15.4 Å². The minimum Gasteiger partial charge on any atom is -0.492 e. The molecular formula is C32H35BrFN3O2. The molecule has 1 fully saturated rings. The Morgan fingerprint density at radius 1 is 1.08 bits per heavy atom. The van der Waals surface area contributed by atoms with E-state index in [0.717, 1.165) is 48.8 Å². The first-order valence-corrected chi connectivity index (χ1v) is 14.4. The van der Waals surface area contributed by atoms with E-state index in [2.05, 4.69) is 69.0 Å². The molecule has 1 amide bonds. The second-order valence-corrected chi connectivity index (χ2v) is 11.3. The van der Waals surface area contributed by atoms with Crippen LogP contribution in [-0.2, 0) is 23.2 Å². The van der Waals surface area contributed by atoms with E-state index >= 15 is 0 Å². The van der Waals surface area contributed by atoms with Crippen molar-refractivity contribution in [2.24, 2.45) is 0 Å². The molecule has 2 aliphatic rings. The van der Waals surface area contributed by atoms with Crippen molar-refractivity contribution in [2.45, 2.75) is 37.3 Å². The van der Waals surface area contributed by atoms with Crippen molar-refractivity contribution < 1.29 is 13.9 Å². The number of carbonyl (C=O) groups excluding carboxylic acids is 1. The second-order valence-electron chi connectivity index (χ2n) is 10.5. The Labute approximate surface area is 238 Å². The Hall–Kier alpha value is -3.00. The first-order valence-electron chi connectivity index (χ1n) is 13.6. The standard InChI is InChI=1S/C32H35BrFN3O2/c1-37(18-16-23-6-3-2-4-7-23)31(38)27-15-17-32(22-35-21-29(27)36-32)25-11-9-24(10-12-25)8-5-19-39-30-20-26(34)13-14-28(30)33/h2-4,6-7,9-15,20,29,35-36H,5,8,16-19,21-22H2,1H3. The van der Waals surface area contributed by atoms with Gasteiger partial charge in [-0.25, -0.2) is 4.39 Å². The zero-order valence-electron chi connectivity index (χ0n) is 22.3. The number of likely N-dealkylation sites (N-methyl/N-ethyl adjacent to an activating group) is 1. The van der Waals surface area contributed by atoms with Gasteiger partial charge in [0.15, 0.2) is 0 Å². The molecule has 7 heteroatoms. The average molecular weight is 593 g/mol. The van der Waals surface area contributed by atoms with Crippen LogP contribution in [0, 0.1) is 5.82 Å². The molecule has 204 valence electrons. The Morgan fingerprint density at radius 2 is 1.85 bits per heavy atom. The number of hydrogen-bond donors (Lipinski definition) is 2. The van der Waals surface area contributed by atoms with Crippen molar-refractivity contribution in [3.63, 3.8) is 0 Å². The Balaban J connectivity index is 1.17. The van der Waals surface area contributed by atoms with E-state index in [9.17, 15) is 9.18 Å². The maximum absolute atomic E-state index is 13.5. The highest BCUT2D eigenvalue weighted by Crippen LogP contribution is 2.34. The molecule has 5 nitrogen and oxygen atoms in total. The van der Waals surface area contributed by atoms with Gasteiger partial charge in [0.1, 0.15) is 11.6 Å². The van der Waals surface area contributed by atoms with Crippen LogP contribution in [0.1, 0.15) is 29.5 Å². The quantitative estimate of drug-likeness (QED) is 0.310. The minimum absolute atomic E-state index is 0.0156. The van der Waals surface area contributed by atoms with Crippen LogP contribution >= 0.6 is 15.9 Å². The highest BCUT2D eigenvalue weighted by molar-refractivity contribution is 9.10. The topological polar surface area (TPSA) is 53.6 Å². The van der Waals surface area contributed by atoms with Crippen LogP contribution in [0.2, 0.25) is 0 Å². The number of nitrogens with zero attached hydrogens (tertiary/aromatic N) is 1. The lowest BCUT2D eigenvalue weighted by Gasteiger charge is -2.47. The van der Waals surface area contributed by atoms with Gasteiger partial charge in [-0.05, 0) is 70.4 Å². The van der Waals surface area contributed by atoms with Gasteiger partial charge in [0, 0.05) is 38.3 Å². The number of benzene rings is 3. The van der Waals surface area contributed by atoms with Gasteiger partial charge in [-0.1, -0.05) is 60.7 Å². The molecule has 39 heavy (non-hydrogen) atoms. The fourth-order valence-electron chi connectivity index (χ4n) is 5.45. The summed E-state index contributed by atoms with van der Waals surface area (Å²) in [6.45, 7) is 2.77. The summed E-state index contributed by atoms with van der Waals surface area (Å²) >= 11 is 3.40. The summed E-state index contributed by atoms with van der Waals surface area (Å²) in [5, 5.41) is 7.38. The predicted octanol–water partition coefficient (Wildman–Crippen LogP) is 5.39. The first-order chi connectivity index (χ1) is 18.9. The highest BCUT2D eigenvalue weighted by Gasteiger charge is 2.42. The molecule has 0 radical (unpaired) electrons. The molecule has 2 atom stereocenters. The lowest BCUT2D eigenvalue weighted by molar-refractivity contribution is -0.126. The van der Waals surface area contributed by atoms with Gasteiger partial charge in [-0.3, -0.25) is 10.1 Å². The largest absolute Gasteiger partial charge is 0.492 e. The molecule has 5 rings (SSSR count). The Kier molecular flexibility index (Phi) is 8.80. The van der Waals surface area contributed by atoms with Crippen LogP contribution in [0.4, 0.5) is 4.39 Å². The molecule has 0 aromatic heterocycles. The van der Waals surface area contributed by atoms with Gasteiger partial charge in [0.2, 0.25) is 0 Å². The molecule has 2 aliphatic heterocycles. The number of piperazine rings is 1. The van der Waals surface area contributed by atoms with Gasteiger partial charge in [-0.15, -0.1) is 0 Å². The van der Waals surface area contributed by atoms with E-state index in [4.69, 9.17) is 4.74 Å². The van der Waals surface area contributed by atoms with E-state index in [1.807, 2.05) is 30.1 Å². The van der Waals surface area contributed by atoms with Crippen LogP contribution in [0.5, 0.6) is 5.75 Å². The monoisotopic (exact) mass is 591 g/mol. The summed E-state index contributed by atoms with van der Waals surface area (Å²) in [6.07, 6.45) is 5.47. The first kappa shape index (κ1) is 27.6. The molecule has 2 unspecified atom stereocenters. The number of carbonyl (C=O) groups is 1. The van der Waals surface area contributed by atoms with Crippen LogP contribution in [0.3, 0.4) is 0 Å². The highest BCUT2D eigenvalue weighted by atomic mass is 79.9. The van der Waals surface area contributed by atoms with E-state index in [0.29, 0.717) is 18.9 Å². The molecule has 0 saturated carbocycles. The van der Waals surface area contributed by atoms with Crippen molar-refractivity contribution in [1.29, 1.82) is 0 Å². The van der Waals surface area contributed by atoms with Gasteiger partial charge >= 0.3 is 0 Å². The number of ether oxygens (including phenoxy) is 1. The molecule has 2 N–H and O–H groups in total. The third kappa shape index (κ3) is 6.60. The maximum atomic E-state index is 13.5. The number of rotatable bonds is 10. The van der Waals surface area contributed by atoms with Crippen LogP contribution in [-0.4, -0.2) is 50.1 Å². The second kappa shape index (κ2) is 12.5. The van der Waals surface area contributed by atoms with Gasteiger partial charge in [-0.2, -0.15) is 0 Å². The molecule has 1 saturated heterocycles. The van der Waals surface area contributed by atoms with E-state index in [-0.39, 0.29) is 23.3 Å². The van der Waals surface area contributed by atoms with Crippen LogP contribution in [0.25, 0.3) is 0 Å². The van der Waals surface area contributed by atoms with Gasteiger partial charge < -0.3 is 15.0 Å². The summed E-state index contributed by atoms with van der Waals surface area (Å²) in [5.74, 6) is 0.323. The lowest BCUT2D eigenvalue weighted by atomic mass is 9.78. The SMILES string of the molecule is CN(CCc1ccccc1)C(=O)C1=CCC2(c3ccc(CCCOc4cc(F)ccc4Br)cc3)CNCC1N2. The summed E-state index contributed by atoms with van der Waals surface area (Å²) in [5.41, 5.74) is 4.33. The predicted molar refractivity (Wildman–Crippen MR) is 156 cm³/mol. The fourth-order valence-corrected chi connectivity index (χ4v) is 5.81. The van der Waals surface area contributed by atoms with Crippen molar-refractivity contribution in [3.05, 3.63) is 111 Å². The number of halogens is 2. The smallest absolute Gasteiger partial charge is 0.250 e. The normalized spacial score (nSPS) is 20.3. The Morgan fingerprint density at radius 3 is 2.64 bits per heavy atom. The van der Waals surface area contributed by atoms with Crippen LogP contribution in [0.15, 0.2) is 88.9 Å². The zero-order chi connectivity index (χ0) is 27.2. The zero-order valence-corrected chi connectivity index (χ0v) is 23.8. The van der Waals surface area contributed by atoms with E-state index in [1.165, 1.54) is 28.8 Å². The Bertz CT molecular complexity index is 1310. The molecule has 3 aromatic rings. The number of nitrogens with one attached hydrogen (secondary N) is 2. The average Bonchev–Trinajstić information content (AvgIpc) is 2.96. The molecule has 2 heterocycles. The summed E-state index contributed by atoms with van der Waals surface area (Å²) in [4.78, 5) is 15.2. The fraction of sp³-hybridized carbons (Fsp3) is 0.344. The molecule has 0 aliphatic carbocycles. The number of hydrogen-bond acceptors (Lipinski definition) is 4. The van der Waals surface area contributed by atoms with Gasteiger partial charge in [0.25, 0.3) is 5.91 Å². The summed E-state index contributed by atoms with van der Waals surface area (Å²) in [7, 11) is 1.89. The molecule has 2 bridgehead atoms. The molecule has 0 spiro atoms. The van der Waals surface area contributed by atoms with Crippen molar-refractivity contribution >= 4 is 21.8 Å². The molecule has 3 aromatic carbocycles. The van der Waals surface area contributed by atoms with Gasteiger partial charge in [0.05, 0.1) is 22.7 Å². The van der Waals surface area contributed by atoms with E-state index in [1.54, 1.807) is 6.07 Å². The minimum atomic E-state index is -0.305. The van der Waals surface area contributed by atoms with Crippen molar-refractivity contribution in [2.75, 3.05) is 33.3 Å². The van der Waals surface area contributed by atoms with Crippen molar-refractivity contribution in [1.82, 2.24) is 15.5 Å². The number of fused-ring (bicyclic) bond motifs is 2. The number of aryl methyl sites for hydroxylation is 1. The lowest BCUT2D eigenvalue weighted by Crippen LogP contribution is -2.65.